The molecule has 6 nitrogen and oxygen atoms in total. The molecule has 0 heterocycles. The van der Waals surface area contributed by atoms with Crippen molar-refractivity contribution in [3.63, 3.8) is 0 Å². The van der Waals surface area contributed by atoms with E-state index in [0.717, 1.165) is 6.26 Å². The molecule has 1 unspecified atom stereocenters. The van der Waals surface area contributed by atoms with E-state index in [2.05, 4.69) is 0 Å². The van der Waals surface area contributed by atoms with Gasteiger partial charge in [-0.25, -0.2) is 8.42 Å². The van der Waals surface area contributed by atoms with E-state index >= 15 is 0 Å². The van der Waals surface area contributed by atoms with Gasteiger partial charge in [-0.3, -0.25) is 4.79 Å². The number of nitrogens with two attached hydrogens (primary N) is 1. The van der Waals surface area contributed by atoms with Crippen LogP contribution in [0.2, 0.25) is 0 Å². The summed E-state index contributed by atoms with van der Waals surface area (Å²) >= 11 is 0. The number of hydrogen-bond acceptors (Lipinski definition) is 5. The van der Waals surface area contributed by atoms with Crippen LogP contribution in [0.5, 0.6) is 5.75 Å². The van der Waals surface area contributed by atoms with Crippen LogP contribution < -0.4 is 5.73 Å². The van der Waals surface area contributed by atoms with Crippen LogP contribution in [0.3, 0.4) is 0 Å². The molecule has 0 saturated heterocycles. The van der Waals surface area contributed by atoms with Crippen LogP contribution >= 0.6 is 0 Å². The van der Waals surface area contributed by atoms with E-state index in [1.54, 1.807) is 0 Å². The number of phenols is 1. The molecule has 0 aliphatic heterocycles. The van der Waals surface area contributed by atoms with Gasteiger partial charge in [0, 0.05) is 12.7 Å². The predicted molar refractivity (Wildman–Crippen MR) is 60.5 cm³/mol. The summed E-state index contributed by atoms with van der Waals surface area (Å²) in [4.78, 5) is 10.3. The topological polar surface area (TPSA) is 118 Å². The summed E-state index contributed by atoms with van der Waals surface area (Å²) in [5.74, 6) is -1.65. The summed E-state index contributed by atoms with van der Waals surface area (Å²) in [6.45, 7) is 0. The van der Waals surface area contributed by atoms with E-state index in [4.69, 9.17) is 10.8 Å². The van der Waals surface area contributed by atoms with Gasteiger partial charge in [0.1, 0.15) is 16.7 Å². The highest BCUT2D eigenvalue weighted by molar-refractivity contribution is 7.90. The molecule has 1 rings (SSSR count). The summed E-state index contributed by atoms with van der Waals surface area (Å²) in [6.07, 6.45) is 0.827. The maximum absolute atomic E-state index is 11.3. The minimum Gasteiger partial charge on any atom is -0.506 e. The summed E-state index contributed by atoms with van der Waals surface area (Å²) in [5, 5.41) is 18.4. The number of sulfone groups is 1. The van der Waals surface area contributed by atoms with Crippen LogP contribution in [0.1, 0.15) is 5.56 Å². The first-order valence-electron chi connectivity index (χ1n) is 4.72. The van der Waals surface area contributed by atoms with Gasteiger partial charge < -0.3 is 15.9 Å². The van der Waals surface area contributed by atoms with Crippen LogP contribution in [0.15, 0.2) is 23.1 Å². The van der Waals surface area contributed by atoms with Gasteiger partial charge >= 0.3 is 5.97 Å². The summed E-state index contributed by atoms with van der Waals surface area (Å²) in [5.41, 5.74) is 5.51. The molecule has 0 aliphatic rings. The number of phenolic OH excluding ortho intramolecular Hbond substituents is 1. The van der Waals surface area contributed by atoms with Gasteiger partial charge in [0.05, 0.1) is 0 Å². The molecule has 0 aromatic heterocycles. The number of carboxylic acid groups (broad SMARTS) is 1. The van der Waals surface area contributed by atoms with Crippen LogP contribution in [0.4, 0.5) is 0 Å². The van der Waals surface area contributed by atoms with Crippen molar-refractivity contribution in [3.8, 4) is 5.75 Å². The molecule has 0 saturated carbocycles. The number of carboxylic acids is 1. The second-order valence-electron chi connectivity index (χ2n) is 3.68. The van der Waals surface area contributed by atoms with E-state index in [1.165, 1.54) is 18.2 Å². The zero-order valence-corrected chi connectivity index (χ0v) is 9.94. The highest BCUT2D eigenvalue weighted by Crippen LogP contribution is 2.27. The van der Waals surface area contributed by atoms with E-state index in [-0.39, 0.29) is 16.9 Å². The Hall–Kier alpha value is -1.60. The molecular weight excluding hydrogens is 246 g/mol. The Bertz CT molecular complexity index is 538. The lowest BCUT2D eigenvalue weighted by atomic mass is 10.1. The van der Waals surface area contributed by atoms with Crippen LogP contribution in [-0.2, 0) is 21.1 Å². The molecule has 0 fully saturated rings. The van der Waals surface area contributed by atoms with Gasteiger partial charge in [0.25, 0.3) is 0 Å². The second kappa shape index (κ2) is 4.72. The first-order valence-corrected chi connectivity index (χ1v) is 6.62. The van der Waals surface area contributed by atoms with Crippen molar-refractivity contribution in [1.82, 2.24) is 0 Å². The van der Waals surface area contributed by atoms with Crippen molar-refractivity contribution < 1.29 is 23.4 Å². The van der Waals surface area contributed by atoms with Gasteiger partial charge in [-0.15, -0.1) is 0 Å². The molecule has 94 valence electrons. The zero-order valence-electron chi connectivity index (χ0n) is 9.12. The molecule has 0 radical (unpaired) electrons. The van der Waals surface area contributed by atoms with Crippen molar-refractivity contribution in [3.05, 3.63) is 23.8 Å². The molecule has 17 heavy (non-hydrogen) atoms. The normalized spacial score (nSPS) is 13.3. The van der Waals surface area contributed by atoms with Gasteiger partial charge in [-0.1, -0.05) is 12.1 Å². The van der Waals surface area contributed by atoms with Crippen LogP contribution in [-0.4, -0.2) is 36.9 Å². The van der Waals surface area contributed by atoms with Gasteiger partial charge in [0.15, 0.2) is 9.84 Å². The molecule has 0 amide bonds. The number of hydrogen-bond donors (Lipinski definition) is 3. The Morgan fingerprint density at radius 3 is 2.53 bits per heavy atom. The highest BCUT2D eigenvalue weighted by Gasteiger charge is 2.19. The maximum Gasteiger partial charge on any atom is 0.320 e. The standard InChI is InChI=1S/C10H13NO5S/c1-17(15,16)8-4-2-3-6(9(8)12)5-7(11)10(13)14/h2-4,7,12H,5,11H2,1H3,(H,13,14). The zero-order chi connectivity index (χ0) is 13.2. The van der Waals surface area contributed by atoms with Crippen molar-refractivity contribution in [2.75, 3.05) is 6.26 Å². The lowest BCUT2D eigenvalue weighted by Crippen LogP contribution is -2.32. The van der Waals surface area contributed by atoms with Crippen molar-refractivity contribution in [2.24, 2.45) is 5.73 Å². The van der Waals surface area contributed by atoms with E-state index < -0.39 is 27.6 Å². The van der Waals surface area contributed by atoms with Gasteiger partial charge in [0.2, 0.25) is 0 Å². The Balaban J connectivity index is 3.16. The first-order chi connectivity index (χ1) is 7.73. The fraction of sp³-hybridized carbons (Fsp3) is 0.300. The summed E-state index contributed by atoms with van der Waals surface area (Å²) in [6, 6.07) is 2.93. The number of benzene rings is 1. The van der Waals surface area contributed by atoms with Crippen LogP contribution in [0, 0.1) is 0 Å². The SMILES string of the molecule is CS(=O)(=O)c1cccc(CC(N)C(=O)O)c1O. The van der Waals surface area contributed by atoms with Crippen LogP contribution in [0.25, 0.3) is 0 Å². The van der Waals surface area contributed by atoms with Gasteiger partial charge in [-0.05, 0) is 11.6 Å². The number of aromatic hydroxyl groups is 1. The average Bonchev–Trinajstić information content (AvgIpc) is 2.19. The fourth-order valence-electron chi connectivity index (χ4n) is 1.36. The molecule has 7 heteroatoms. The van der Waals surface area contributed by atoms with Gasteiger partial charge in [-0.2, -0.15) is 0 Å². The summed E-state index contributed by atoms with van der Waals surface area (Å²) < 4.78 is 22.6. The van der Waals surface area contributed by atoms with E-state index in [9.17, 15) is 18.3 Å². The maximum atomic E-state index is 11.3. The molecule has 1 aromatic rings. The third-order valence-corrected chi connectivity index (χ3v) is 3.37. The predicted octanol–water partition coefficient (Wildman–Crippen LogP) is -0.250. The second-order valence-corrected chi connectivity index (χ2v) is 5.67. The van der Waals surface area contributed by atoms with Crippen molar-refractivity contribution >= 4 is 15.8 Å². The molecule has 1 aromatic carbocycles. The molecule has 1 atom stereocenters. The van der Waals surface area contributed by atoms with Crippen molar-refractivity contribution in [1.29, 1.82) is 0 Å². The lowest BCUT2D eigenvalue weighted by molar-refractivity contribution is -0.138. The molecule has 4 N–H and O–H groups in total. The smallest absolute Gasteiger partial charge is 0.320 e. The highest BCUT2D eigenvalue weighted by atomic mass is 32.2. The Morgan fingerprint density at radius 1 is 1.47 bits per heavy atom. The Morgan fingerprint density at radius 2 is 2.06 bits per heavy atom. The number of para-hydroxylation sites is 1. The molecule has 0 spiro atoms. The first kappa shape index (κ1) is 13.5. The average molecular weight is 259 g/mol. The monoisotopic (exact) mass is 259 g/mol. The minimum absolute atomic E-state index is 0.134. The Labute approximate surface area is 98.6 Å². The Kier molecular flexibility index (Phi) is 3.74. The largest absolute Gasteiger partial charge is 0.506 e. The van der Waals surface area contributed by atoms with Crippen molar-refractivity contribution in [2.45, 2.75) is 17.4 Å². The lowest BCUT2D eigenvalue weighted by Gasteiger charge is -2.10. The number of rotatable bonds is 4. The quantitative estimate of drug-likeness (QED) is 0.686. The molecular formula is C10H13NO5S. The minimum atomic E-state index is -3.55. The third-order valence-electron chi connectivity index (χ3n) is 2.24. The fourth-order valence-corrected chi connectivity index (χ4v) is 2.16. The number of carbonyl (C=O) groups is 1. The third kappa shape index (κ3) is 3.18. The van der Waals surface area contributed by atoms with E-state index in [0.29, 0.717) is 0 Å². The molecule has 0 aliphatic carbocycles. The number of aliphatic carboxylic acids is 1. The van der Waals surface area contributed by atoms with E-state index in [1.807, 2.05) is 0 Å². The summed E-state index contributed by atoms with van der Waals surface area (Å²) in [7, 11) is -3.55. The molecule has 0 bridgehead atoms.